The van der Waals surface area contributed by atoms with Crippen LogP contribution in [0, 0.1) is 11.3 Å². The summed E-state index contributed by atoms with van der Waals surface area (Å²) in [7, 11) is -3.76. The van der Waals surface area contributed by atoms with Crippen LogP contribution in [0.2, 0.25) is 0 Å². The van der Waals surface area contributed by atoms with Crippen molar-refractivity contribution in [1.82, 2.24) is 0 Å². The zero-order chi connectivity index (χ0) is 14.3. The van der Waals surface area contributed by atoms with Crippen LogP contribution in [0.5, 0.6) is 0 Å². The van der Waals surface area contributed by atoms with E-state index in [1.165, 1.54) is 0 Å². The predicted octanol–water partition coefficient (Wildman–Crippen LogP) is 1.45. The number of carbonyl (C=O) groups is 1. The minimum Gasteiger partial charge on any atom is -0.460 e. The smallest absolute Gasteiger partial charge is 0.324 e. The molecule has 0 radical (unpaired) electrons. The lowest BCUT2D eigenvalue weighted by Crippen LogP contribution is -2.32. The number of ether oxygens (including phenoxy) is 1. The van der Waals surface area contributed by atoms with Crippen LogP contribution < -0.4 is 0 Å². The monoisotopic (exact) mass is 281 g/mol. The Kier molecular flexibility index (Phi) is 5.52. The van der Waals surface area contributed by atoms with E-state index >= 15 is 0 Å². The van der Waals surface area contributed by atoms with Gasteiger partial charge in [-0.25, -0.2) is 8.42 Å². The van der Waals surface area contributed by atoms with E-state index in [2.05, 4.69) is 0 Å². The fourth-order valence-electron chi connectivity index (χ4n) is 1.58. The maximum atomic E-state index is 11.8. The molecule has 0 bridgehead atoms. The van der Waals surface area contributed by atoms with Crippen molar-refractivity contribution in [1.29, 1.82) is 5.26 Å². The minimum absolute atomic E-state index is 0.0260. The van der Waals surface area contributed by atoms with Gasteiger partial charge in [0.05, 0.1) is 6.07 Å². The Labute approximate surface area is 112 Å². The van der Waals surface area contributed by atoms with Gasteiger partial charge in [0.1, 0.15) is 12.4 Å². The largest absolute Gasteiger partial charge is 0.460 e. The second-order valence-corrected chi connectivity index (χ2v) is 6.14. The van der Waals surface area contributed by atoms with E-state index in [1.54, 1.807) is 37.3 Å². The number of hydrogen-bond acceptors (Lipinski definition) is 5. The summed E-state index contributed by atoms with van der Waals surface area (Å²) in [4.78, 5) is 11.8. The maximum absolute atomic E-state index is 11.8. The molecule has 0 heterocycles. The maximum Gasteiger partial charge on any atom is 0.324 e. The third kappa shape index (κ3) is 4.38. The Bertz CT molecular complexity index is 560. The van der Waals surface area contributed by atoms with Crippen molar-refractivity contribution in [3.8, 4) is 6.07 Å². The lowest BCUT2D eigenvalue weighted by molar-refractivity contribution is -0.144. The van der Waals surface area contributed by atoms with Gasteiger partial charge in [0.2, 0.25) is 0 Å². The standard InChI is InChI=1S/C13H15NO4S/c1-2-12(19(16,17)9-8-14)13(15)18-10-11-6-4-3-5-7-11/h3-7,12H,2,9-10H2,1H3. The molecule has 102 valence electrons. The molecule has 0 spiro atoms. The average molecular weight is 281 g/mol. The van der Waals surface area contributed by atoms with Crippen molar-refractivity contribution < 1.29 is 17.9 Å². The summed E-state index contributed by atoms with van der Waals surface area (Å²) in [6.45, 7) is 1.60. The number of nitrogens with zero attached hydrogens (tertiary/aromatic N) is 1. The molecule has 0 aliphatic heterocycles. The van der Waals surface area contributed by atoms with E-state index in [9.17, 15) is 13.2 Å². The Morgan fingerprint density at radius 1 is 1.37 bits per heavy atom. The topological polar surface area (TPSA) is 84.2 Å². The van der Waals surface area contributed by atoms with Gasteiger partial charge < -0.3 is 4.74 Å². The average Bonchev–Trinajstić information content (AvgIpc) is 2.38. The van der Waals surface area contributed by atoms with Gasteiger partial charge in [-0.3, -0.25) is 4.79 Å². The first kappa shape index (κ1) is 15.2. The first-order valence-electron chi connectivity index (χ1n) is 5.80. The molecule has 0 aromatic heterocycles. The van der Waals surface area contributed by atoms with Crippen molar-refractivity contribution in [3.05, 3.63) is 35.9 Å². The molecule has 0 N–H and O–H groups in total. The van der Waals surface area contributed by atoms with Gasteiger partial charge in [-0.2, -0.15) is 5.26 Å². The van der Waals surface area contributed by atoms with Gasteiger partial charge in [0.25, 0.3) is 0 Å². The summed E-state index contributed by atoms with van der Waals surface area (Å²) in [6, 6.07) is 10.5. The summed E-state index contributed by atoms with van der Waals surface area (Å²) in [5.41, 5.74) is 0.781. The van der Waals surface area contributed by atoms with Crippen LogP contribution in [0.15, 0.2) is 30.3 Å². The number of benzene rings is 1. The fraction of sp³-hybridized carbons (Fsp3) is 0.385. The van der Waals surface area contributed by atoms with E-state index in [1.807, 2.05) is 6.07 Å². The Balaban J connectivity index is 2.68. The predicted molar refractivity (Wildman–Crippen MR) is 69.7 cm³/mol. The Morgan fingerprint density at radius 3 is 2.53 bits per heavy atom. The van der Waals surface area contributed by atoms with E-state index in [4.69, 9.17) is 10.00 Å². The summed E-state index contributed by atoms with van der Waals surface area (Å²) in [6.07, 6.45) is 0.0949. The van der Waals surface area contributed by atoms with Gasteiger partial charge in [-0.05, 0) is 12.0 Å². The number of rotatable bonds is 6. The quantitative estimate of drug-likeness (QED) is 0.737. The summed E-state index contributed by atoms with van der Waals surface area (Å²) in [5.74, 6) is -1.48. The second kappa shape index (κ2) is 6.90. The van der Waals surface area contributed by atoms with E-state index in [0.29, 0.717) is 0 Å². The van der Waals surface area contributed by atoms with Crippen molar-refractivity contribution in [2.75, 3.05) is 5.75 Å². The molecule has 19 heavy (non-hydrogen) atoms. The Hall–Kier alpha value is -1.87. The summed E-state index contributed by atoms with van der Waals surface area (Å²) < 4.78 is 28.4. The number of hydrogen-bond donors (Lipinski definition) is 0. The summed E-state index contributed by atoms with van der Waals surface area (Å²) in [5, 5.41) is 7.19. The van der Waals surface area contributed by atoms with Crippen LogP contribution in [0.25, 0.3) is 0 Å². The molecule has 1 unspecified atom stereocenters. The van der Waals surface area contributed by atoms with Gasteiger partial charge >= 0.3 is 5.97 Å². The number of nitriles is 1. The van der Waals surface area contributed by atoms with Crippen LogP contribution in [-0.2, 0) is 26.0 Å². The molecule has 0 amide bonds. The van der Waals surface area contributed by atoms with Crippen molar-refractivity contribution in [2.45, 2.75) is 25.2 Å². The van der Waals surface area contributed by atoms with Gasteiger partial charge in [-0.1, -0.05) is 37.3 Å². The first-order chi connectivity index (χ1) is 9.01. The zero-order valence-corrected chi connectivity index (χ0v) is 11.4. The van der Waals surface area contributed by atoms with Crippen molar-refractivity contribution in [3.63, 3.8) is 0 Å². The third-order valence-electron chi connectivity index (χ3n) is 2.56. The molecule has 1 atom stereocenters. The van der Waals surface area contributed by atoms with Gasteiger partial charge in [-0.15, -0.1) is 0 Å². The molecule has 1 aromatic carbocycles. The third-order valence-corrected chi connectivity index (χ3v) is 4.48. The van der Waals surface area contributed by atoms with Crippen molar-refractivity contribution >= 4 is 15.8 Å². The zero-order valence-electron chi connectivity index (χ0n) is 10.6. The van der Waals surface area contributed by atoms with Gasteiger partial charge in [0, 0.05) is 0 Å². The highest BCUT2D eigenvalue weighted by atomic mass is 32.2. The van der Waals surface area contributed by atoms with E-state index in [0.717, 1.165) is 5.56 Å². The van der Waals surface area contributed by atoms with Crippen LogP contribution in [-0.4, -0.2) is 25.4 Å². The minimum atomic E-state index is -3.76. The first-order valence-corrected chi connectivity index (χ1v) is 7.52. The normalized spacial score (nSPS) is 12.4. The highest BCUT2D eigenvalue weighted by Crippen LogP contribution is 2.11. The molecule has 1 rings (SSSR count). The van der Waals surface area contributed by atoms with Crippen LogP contribution in [0.1, 0.15) is 18.9 Å². The van der Waals surface area contributed by atoms with Crippen LogP contribution in [0.4, 0.5) is 0 Å². The van der Waals surface area contributed by atoms with E-state index < -0.39 is 26.8 Å². The molecule has 0 saturated carbocycles. The highest BCUT2D eigenvalue weighted by Gasteiger charge is 2.32. The molecule has 0 saturated heterocycles. The van der Waals surface area contributed by atoms with Gasteiger partial charge in [0.15, 0.2) is 15.1 Å². The van der Waals surface area contributed by atoms with Crippen molar-refractivity contribution in [2.24, 2.45) is 0 Å². The number of esters is 1. The number of carbonyl (C=O) groups excluding carboxylic acids is 1. The molecular formula is C13H15NO4S. The molecule has 5 nitrogen and oxygen atoms in total. The SMILES string of the molecule is CCC(C(=O)OCc1ccccc1)S(=O)(=O)CC#N. The fourth-order valence-corrected chi connectivity index (χ4v) is 2.83. The lowest BCUT2D eigenvalue weighted by atomic mass is 10.2. The lowest BCUT2D eigenvalue weighted by Gasteiger charge is -2.13. The molecule has 0 aliphatic rings. The summed E-state index contributed by atoms with van der Waals surface area (Å²) >= 11 is 0. The molecule has 0 aliphatic carbocycles. The molecule has 6 heteroatoms. The number of sulfone groups is 1. The van der Waals surface area contributed by atoms with Crippen LogP contribution in [0.3, 0.4) is 0 Å². The highest BCUT2D eigenvalue weighted by molar-refractivity contribution is 7.92. The Morgan fingerprint density at radius 2 is 2.00 bits per heavy atom. The molecule has 0 fully saturated rings. The van der Waals surface area contributed by atoms with Crippen LogP contribution >= 0.6 is 0 Å². The second-order valence-electron chi connectivity index (χ2n) is 3.96. The molecular weight excluding hydrogens is 266 g/mol. The molecule has 1 aromatic rings. The van der Waals surface area contributed by atoms with E-state index in [-0.39, 0.29) is 13.0 Å².